The summed E-state index contributed by atoms with van der Waals surface area (Å²) in [6, 6.07) is 5.42. The number of Topliss-reactive ketones (excluding diaryl/α,β-unsaturated/α-hetero) is 1. The smallest absolute Gasteiger partial charge is 0.211 e. The van der Waals surface area contributed by atoms with Crippen molar-refractivity contribution in [2.75, 3.05) is 18.5 Å². The van der Waals surface area contributed by atoms with E-state index in [-0.39, 0.29) is 17.6 Å². The number of aromatic nitrogens is 5. The summed E-state index contributed by atoms with van der Waals surface area (Å²) in [5, 5.41) is 4.22. The predicted molar refractivity (Wildman–Crippen MR) is 139 cm³/mol. The third-order valence-electron chi connectivity index (χ3n) is 6.04. The van der Waals surface area contributed by atoms with Crippen LogP contribution in [0.3, 0.4) is 0 Å². The van der Waals surface area contributed by atoms with Crippen molar-refractivity contribution in [2.24, 2.45) is 7.05 Å². The molecule has 188 valence electrons. The molecule has 10 heteroatoms. The lowest BCUT2D eigenvalue weighted by Crippen LogP contribution is -2.14. The van der Waals surface area contributed by atoms with E-state index in [9.17, 15) is 4.79 Å². The fraction of sp³-hybridized carbons (Fsp3) is 0.423. The van der Waals surface area contributed by atoms with Crippen LogP contribution in [0, 0.1) is 0 Å². The molecule has 0 aliphatic carbocycles. The van der Waals surface area contributed by atoms with Crippen molar-refractivity contribution in [1.29, 1.82) is 0 Å². The number of hydrogen-bond donors (Lipinski definition) is 1. The summed E-state index contributed by atoms with van der Waals surface area (Å²) < 4.78 is 13.6. The second kappa shape index (κ2) is 9.59. The summed E-state index contributed by atoms with van der Waals surface area (Å²) in [5.74, 6) is 2.22. The van der Waals surface area contributed by atoms with Crippen molar-refractivity contribution >= 4 is 39.4 Å². The normalized spacial score (nSPS) is 16.0. The fourth-order valence-electron chi connectivity index (χ4n) is 4.27. The Hall–Kier alpha value is -3.37. The maximum Gasteiger partial charge on any atom is 0.211 e. The molecular weight excluding hydrogens is 476 g/mol. The van der Waals surface area contributed by atoms with Crippen LogP contribution in [0.1, 0.15) is 56.3 Å². The first-order valence-corrected chi connectivity index (χ1v) is 12.8. The van der Waals surface area contributed by atoms with Gasteiger partial charge in [0.1, 0.15) is 17.3 Å². The van der Waals surface area contributed by atoms with E-state index in [0.29, 0.717) is 34.7 Å². The zero-order valence-electron chi connectivity index (χ0n) is 21.2. The highest BCUT2D eigenvalue weighted by Gasteiger charge is 2.30. The van der Waals surface area contributed by atoms with E-state index in [1.807, 2.05) is 17.7 Å². The molecule has 1 aliphatic rings. The van der Waals surface area contributed by atoms with Gasteiger partial charge in [-0.2, -0.15) is 4.98 Å². The van der Waals surface area contributed by atoms with Crippen LogP contribution in [0.2, 0.25) is 0 Å². The minimum absolute atomic E-state index is 0.00704. The van der Waals surface area contributed by atoms with Gasteiger partial charge in [0.15, 0.2) is 10.8 Å². The summed E-state index contributed by atoms with van der Waals surface area (Å²) in [5.41, 5.74) is 3.22. The van der Waals surface area contributed by atoms with E-state index < -0.39 is 0 Å². The molecule has 1 aliphatic heterocycles. The number of anilines is 2. The zero-order chi connectivity index (χ0) is 25.4. The van der Waals surface area contributed by atoms with E-state index in [1.165, 1.54) is 4.88 Å². The molecule has 1 N–H and O–H groups in total. The molecule has 1 unspecified atom stereocenters. The molecule has 1 fully saturated rings. The van der Waals surface area contributed by atoms with Crippen molar-refractivity contribution < 1.29 is 14.3 Å². The zero-order valence-corrected chi connectivity index (χ0v) is 22.0. The number of ketones is 1. The van der Waals surface area contributed by atoms with E-state index in [4.69, 9.17) is 14.5 Å². The van der Waals surface area contributed by atoms with Crippen LogP contribution < -0.4 is 10.1 Å². The lowest BCUT2D eigenvalue weighted by atomic mass is 9.89. The van der Waals surface area contributed by atoms with Crippen LogP contribution >= 0.6 is 11.3 Å². The van der Waals surface area contributed by atoms with Gasteiger partial charge in [0.2, 0.25) is 5.95 Å². The molecule has 0 aromatic carbocycles. The predicted octanol–water partition coefficient (Wildman–Crippen LogP) is 5.29. The number of nitrogens with one attached hydrogen (secondary N) is 1. The molecule has 5 heterocycles. The summed E-state index contributed by atoms with van der Waals surface area (Å²) in [7, 11) is 1.94. The number of imidazole rings is 1. The Morgan fingerprint density at radius 3 is 2.81 bits per heavy atom. The number of ether oxygens (including phenoxy) is 2. The molecule has 5 rings (SSSR count). The molecule has 0 amide bonds. The van der Waals surface area contributed by atoms with E-state index in [0.717, 1.165) is 36.0 Å². The minimum Gasteiger partial charge on any atom is -0.456 e. The van der Waals surface area contributed by atoms with Crippen LogP contribution in [-0.4, -0.2) is 43.5 Å². The van der Waals surface area contributed by atoms with Gasteiger partial charge in [0, 0.05) is 49.2 Å². The Balaban J connectivity index is 1.40. The van der Waals surface area contributed by atoms with Gasteiger partial charge in [-0.05, 0) is 24.8 Å². The quantitative estimate of drug-likeness (QED) is 0.361. The third-order valence-corrected chi connectivity index (χ3v) is 7.45. The highest BCUT2D eigenvalue weighted by molar-refractivity contribution is 7.16. The Kier molecular flexibility index (Phi) is 6.48. The fourth-order valence-corrected chi connectivity index (χ4v) is 5.37. The number of pyridine rings is 2. The van der Waals surface area contributed by atoms with Gasteiger partial charge in [-0.15, -0.1) is 11.3 Å². The molecule has 4 aromatic heterocycles. The Morgan fingerprint density at radius 2 is 2.08 bits per heavy atom. The molecule has 0 saturated carbocycles. The molecule has 1 atom stereocenters. The largest absolute Gasteiger partial charge is 0.456 e. The number of hydrogen-bond acceptors (Lipinski definition) is 9. The van der Waals surface area contributed by atoms with Crippen LogP contribution in [0.25, 0.3) is 11.2 Å². The van der Waals surface area contributed by atoms with Gasteiger partial charge in [-0.3, -0.25) is 9.78 Å². The number of nitrogens with zero attached hydrogens (tertiary/aromatic N) is 5. The lowest BCUT2D eigenvalue weighted by Gasteiger charge is -2.19. The first kappa shape index (κ1) is 24.3. The minimum atomic E-state index is -0.00704. The maximum atomic E-state index is 11.4. The third kappa shape index (κ3) is 5.10. The second-order valence-electron chi connectivity index (χ2n) is 10.1. The van der Waals surface area contributed by atoms with Gasteiger partial charge in [0.25, 0.3) is 0 Å². The Morgan fingerprint density at radius 1 is 1.25 bits per heavy atom. The van der Waals surface area contributed by atoms with Gasteiger partial charge >= 0.3 is 0 Å². The Labute approximate surface area is 213 Å². The van der Waals surface area contributed by atoms with Crippen molar-refractivity contribution in [3.8, 4) is 11.5 Å². The van der Waals surface area contributed by atoms with Crippen LogP contribution in [0.15, 0.2) is 30.6 Å². The molecule has 4 aromatic rings. The SMILES string of the molecule is CC(=O)Cc1cc(Oc2cnc3nc(Nc4nc(C5CCOC5)c(C(C)(C)C)s4)n(C)c3c2)ccn1. The van der Waals surface area contributed by atoms with E-state index in [2.05, 4.69) is 41.0 Å². The second-order valence-corrected chi connectivity index (χ2v) is 11.1. The number of aryl methyl sites for hydroxylation is 1. The number of rotatable bonds is 7. The van der Waals surface area contributed by atoms with Crippen LogP contribution in [0.5, 0.6) is 11.5 Å². The van der Waals surface area contributed by atoms with Crippen molar-refractivity contribution in [1.82, 2.24) is 24.5 Å². The maximum absolute atomic E-state index is 11.4. The van der Waals surface area contributed by atoms with E-state index in [1.54, 1.807) is 42.8 Å². The molecule has 0 bridgehead atoms. The number of fused-ring (bicyclic) bond motifs is 1. The van der Waals surface area contributed by atoms with Gasteiger partial charge in [-0.25, -0.2) is 9.97 Å². The monoisotopic (exact) mass is 506 g/mol. The number of carbonyl (C=O) groups excluding carboxylic acids is 1. The summed E-state index contributed by atoms with van der Waals surface area (Å²) >= 11 is 1.67. The standard InChI is InChI=1S/C26H30N6O3S/c1-15(33)10-17-11-18(6-8-27-17)35-19-12-20-23(28-13-19)30-24(32(20)5)31-25-29-21(16-7-9-34-14-16)22(36-25)26(2,3)4/h6,8,11-13,16H,7,9-10,14H2,1-5H3,(H,28,29,30,31). The topological polar surface area (TPSA) is 104 Å². The summed E-state index contributed by atoms with van der Waals surface area (Å²) in [4.78, 5) is 31.1. The molecular formula is C26H30N6O3S. The molecule has 36 heavy (non-hydrogen) atoms. The number of carbonyl (C=O) groups is 1. The first-order chi connectivity index (χ1) is 17.2. The summed E-state index contributed by atoms with van der Waals surface area (Å²) in [6.45, 7) is 9.70. The van der Waals surface area contributed by atoms with Crippen molar-refractivity contribution in [2.45, 2.75) is 51.9 Å². The first-order valence-electron chi connectivity index (χ1n) is 12.0. The average molecular weight is 507 g/mol. The molecule has 9 nitrogen and oxygen atoms in total. The molecule has 0 spiro atoms. The van der Waals surface area contributed by atoms with Gasteiger partial charge in [-0.1, -0.05) is 20.8 Å². The highest BCUT2D eigenvalue weighted by atomic mass is 32.1. The van der Waals surface area contributed by atoms with Crippen molar-refractivity contribution in [3.05, 3.63) is 46.9 Å². The molecule has 0 radical (unpaired) electrons. The lowest BCUT2D eigenvalue weighted by molar-refractivity contribution is -0.116. The van der Waals surface area contributed by atoms with Gasteiger partial charge < -0.3 is 19.4 Å². The Bertz CT molecular complexity index is 1420. The van der Waals surface area contributed by atoms with Crippen LogP contribution in [0.4, 0.5) is 11.1 Å². The highest BCUT2D eigenvalue weighted by Crippen LogP contribution is 2.40. The molecule has 1 saturated heterocycles. The number of thiazole rings is 1. The van der Waals surface area contributed by atoms with E-state index >= 15 is 0 Å². The summed E-state index contributed by atoms with van der Waals surface area (Å²) in [6.07, 6.45) is 4.55. The van der Waals surface area contributed by atoms with Crippen LogP contribution in [-0.2, 0) is 28.4 Å². The van der Waals surface area contributed by atoms with Gasteiger partial charge in [0.05, 0.1) is 29.7 Å². The average Bonchev–Trinajstić information content (AvgIpc) is 3.54. The van der Waals surface area contributed by atoms with Crippen molar-refractivity contribution in [3.63, 3.8) is 0 Å².